The van der Waals surface area contributed by atoms with Gasteiger partial charge < -0.3 is 10.4 Å². The molecule has 0 saturated carbocycles. The van der Waals surface area contributed by atoms with Crippen molar-refractivity contribution in [1.82, 2.24) is 4.98 Å². The highest BCUT2D eigenvalue weighted by Gasteiger charge is 2.08. The molecule has 92 valence electrons. The van der Waals surface area contributed by atoms with E-state index >= 15 is 0 Å². The van der Waals surface area contributed by atoms with Crippen LogP contribution in [0.4, 0.5) is 5.69 Å². The van der Waals surface area contributed by atoms with Crippen molar-refractivity contribution in [2.45, 2.75) is 6.92 Å². The number of benzene rings is 1. The van der Waals surface area contributed by atoms with Crippen molar-refractivity contribution in [2.24, 2.45) is 0 Å². The third-order valence-electron chi connectivity index (χ3n) is 2.45. The van der Waals surface area contributed by atoms with Crippen LogP contribution in [0.1, 0.15) is 15.9 Å². The van der Waals surface area contributed by atoms with Gasteiger partial charge in [0.1, 0.15) is 10.4 Å². The number of phenolic OH excluding ortho intramolecular Hbond substituents is 1. The molecule has 0 atom stereocenters. The molecule has 2 N–H and O–H groups in total. The third-order valence-corrected chi connectivity index (χ3v) is 2.92. The first-order chi connectivity index (χ1) is 8.56. The molecule has 1 aromatic carbocycles. The summed E-state index contributed by atoms with van der Waals surface area (Å²) in [5, 5.41) is 12.1. The number of nitrogens with zero attached hydrogens (tertiary/aromatic N) is 1. The van der Waals surface area contributed by atoms with Gasteiger partial charge in [-0.2, -0.15) is 0 Å². The molecule has 18 heavy (non-hydrogen) atoms. The molecule has 4 nitrogen and oxygen atoms in total. The van der Waals surface area contributed by atoms with Crippen LogP contribution in [-0.2, 0) is 0 Å². The number of hydrogen-bond acceptors (Lipinski definition) is 3. The van der Waals surface area contributed by atoms with Gasteiger partial charge in [0.2, 0.25) is 0 Å². The number of carbonyl (C=O) groups is 1. The fraction of sp³-hybridized carbons (Fsp3) is 0.0769. The summed E-state index contributed by atoms with van der Waals surface area (Å²) in [6.07, 6.45) is 1.50. The van der Waals surface area contributed by atoms with Gasteiger partial charge in [-0.3, -0.25) is 4.79 Å². The minimum Gasteiger partial charge on any atom is -0.508 e. The lowest BCUT2D eigenvalue weighted by Crippen LogP contribution is -2.12. The smallest absolute Gasteiger partial charge is 0.257 e. The maximum atomic E-state index is 11.9. The lowest BCUT2D eigenvalue weighted by Gasteiger charge is -2.08. The molecular formula is C13H11BrN2O2. The van der Waals surface area contributed by atoms with Gasteiger partial charge in [0.15, 0.2) is 0 Å². The lowest BCUT2D eigenvalue weighted by atomic mass is 10.2. The molecule has 2 aromatic rings. The molecule has 0 saturated heterocycles. The number of amides is 1. The second kappa shape index (κ2) is 5.18. The predicted octanol–water partition coefficient (Wildman–Crippen LogP) is 3.11. The van der Waals surface area contributed by atoms with Crippen molar-refractivity contribution < 1.29 is 9.90 Å². The van der Waals surface area contributed by atoms with Gasteiger partial charge in [0.05, 0.1) is 5.56 Å². The highest BCUT2D eigenvalue weighted by atomic mass is 79.9. The molecule has 0 aliphatic rings. The molecule has 1 heterocycles. The third kappa shape index (κ3) is 2.87. The van der Waals surface area contributed by atoms with Crippen molar-refractivity contribution in [1.29, 1.82) is 0 Å². The number of phenols is 1. The standard InChI is InChI=1S/C13H11BrN2O2/c1-8-6-10(17)3-4-11(8)16-13(18)9-2-5-12(14)15-7-9/h2-7,17H,1H3,(H,16,18). The van der Waals surface area contributed by atoms with Crippen LogP contribution in [0.3, 0.4) is 0 Å². The minimum absolute atomic E-state index is 0.177. The van der Waals surface area contributed by atoms with E-state index in [0.29, 0.717) is 15.9 Å². The fourth-order valence-electron chi connectivity index (χ4n) is 1.49. The number of anilines is 1. The number of aromatic nitrogens is 1. The van der Waals surface area contributed by atoms with Crippen molar-refractivity contribution in [3.8, 4) is 5.75 Å². The summed E-state index contributed by atoms with van der Waals surface area (Å²) in [5.41, 5.74) is 1.94. The van der Waals surface area contributed by atoms with E-state index in [1.165, 1.54) is 12.3 Å². The lowest BCUT2D eigenvalue weighted by molar-refractivity contribution is 0.102. The van der Waals surface area contributed by atoms with E-state index in [1.54, 1.807) is 24.3 Å². The van der Waals surface area contributed by atoms with Crippen LogP contribution in [0.2, 0.25) is 0 Å². The molecule has 0 unspecified atom stereocenters. The average molecular weight is 307 g/mol. The van der Waals surface area contributed by atoms with E-state index in [2.05, 4.69) is 26.2 Å². The van der Waals surface area contributed by atoms with Crippen molar-refractivity contribution in [3.63, 3.8) is 0 Å². The number of aromatic hydroxyl groups is 1. The number of hydrogen-bond donors (Lipinski definition) is 2. The number of pyridine rings is 1. The van der Waals surface area contributed by atoms with Gasteiger partial charge in [0, 0.05) is 11.9 Å². The summed E-state index contributed by atoms with van der Waals surface area (Å²) in [6.45, 7) is 1.81. The predicted molar refractivity (Wildman–Crippen MR) is 72.7 cm³/mol. The van der Waals surface area contributed by atoms with Crippen LogP contribution in [0.25, 0.3) is 0 Å². The normalized spacial score (nSPS) is 10.1. The van der Waals surface area contributed by atoms with Crippen LogP contribution in [-0.4, -0.2) is 16.0 Å². The van der Waals surface area contributed by atoms with Gasteiger partial charge >= 0.3 is 0 Å². The van der Waals surface area contributed by atoms with Crippen molar-refractivity contribution >= 4 is 27.5 Å². The Hall–Kier alpha value is -1.88. The first kappa shape index (κ1) is 12.6. The molecule has 5 heteroatoms. The zero-order valence-electron chi connectivity index (χ0n) is 9.64. The minimum atomic E-state index is -0.233. The van der Waals surface area contributed by atoms with Crippen molar-refractivity contribution in [2.75, 3.05) is 5.32 Å². The average Bonchev–Trinajstić information content (AvgIpc) is 2.33. The van der Waals surface area contributed by atoms with Crippen LogP contribution in [0.15, 0.2) is 41.1 Å². The Labute approximate surface area is 113 Å². The van der Waals surface area contributed by atoms with Crippen LogP contribution in [0, 0.1) is 6.92 Å². The van der Waals surface area contributed by atoms with E-state index in [-0.39, 0.29) is 11.7 Å². The number of nitrogens with one attached hydrogen (secondary N) is 1. The van der Waals surface area contributed by atoms with Crippen LogP contribution >= 0.6 is 15.9 Å². The molecule has 0 radical (unpaired) electrons. The molecule has 1 amide bonds. The second-order valence-electron chi connectivity index (χ2n) is 3.82. The molecule has 0 aliphatic carbocycles. The number of carbonyl (C=O) groups excluding carboxylic acids is 1. The Morgan fingerprint density at radius 3 is 2.72 bits per heavy atom. The summed E-state index contributed by atoms with van der Waals surface area (Å²) < 4.78 is 0.680. The molecule has 0 bridgehead atoms. The zero-order valence-corrected chi connectivity index (χ0v) is 11.2. The van der Waals surface area contributed by atoms with Gasteiger partial charge in [0.25, 0.3) is 5.91 Å². The summed E-state index contributed by atoms with van der Waals surface area (Å²) in [4.78, 5) is 15.9. The summed E-state index contributed by atoms with van der Waals surface area (Å²) in [5.74, 6) is -0.0559. The van der Waals surface area contributed by atoms with E-state index in [0.717, 1.165) is 5.56 Å². The quantitative estimate of drug-likeness (QED) is 0.662. The topological polar surface area (TPSA) is 62.2 Å². The highest BCUT2D eigenvalue weighted by Crippen LogP contribution is 2.20. The highest BCUT2D eigenvalue weighted by molar-refractivity contribution is 9.10. The summed E-state index contributed by atoms with van der Waals surface area (Å²) >= 11 is 3.21. The number of halogens is 1. The van der Waals surface area contributed by atoms with E-state index in [4.69, 9.17) is 0 Å². The first-order valence-electron chi connectivity index (χ1n) is 5.29. The van der Waals surface area contributed by atoms with Gasteiger partial charge in [-0.05, 0) is 58.7 Å². The Kier molecular flexibility index (Phi) is 3.62. The van der Waals surface area contributed by atoms with Crippen molar-refractivity contribution in [3.05, 3.63) is 52.3 Å². The first-order valence-corrected chi connectivity index (χ1v) is 6.08. The molecule has 1 aromatic heterocycles. The van der Waals surface area contributed by atoms with E-state index < -0.39 is 0 Å². The van der Waals surface area contributed by atoms with Gasteiger partial charge in [-0.15, -0.1) is 0 Å². The Morgan fingerprint density at radius 1 is 1.33 bits per heavy atom. The largest absolute Gasteiger partial charge is 0.508 e. The zero-order chi connectivity index (χ0) is 13.1. The Balaban J connectivity index is 2.18. The summed E-state index contributed by atoms with van der Waals surface area (Å²) in [6, 6.07) is 8.17. The molecule has 0 aliphatic heterocycles. The van der Waals surface area contributed by atoms with Gasteiger partial charge in [-0.25, -0.2) is 4.98 Å². The summed E-state index contributed by atoms with van der Waals surface area (Å²) in [7, 11) is 0. The number of rotatable bonds is 2. The molecule has 0 spiro atoms. The van der Waals surface area contributed by atoms with Gasteiger partial charge in [-0.1, -0.05) is 0 Å². The number of aryl methyl sites for hydroxylation is 1. The Morgan fingerprint density at radius 2 is 2.11 bits per heavy atom. The maximum Gasteiger partial charge on any atom is 0.257 e. The van der Waals surface area contributed by atoms with E-state index in [1.807, 2.05) is 6.92 Å². The van der Waals surface area contributed by atoms with Crippen LogP contribution < -0.4 is 5.32 Å². The van der Waals surface area contributed by atoms with E-state index in [9.17, 15) is 9.90 Å². The Bertz CT molecular complexity index is 582. The monoisotopic (exact) mass is 306 g/mol. The fourth-order valence-corrected chi connectivity index (χ4v) is 1.73. The molecule has 2 rings (SSSR count). The second-order valence-corrected chi connectivity index (χ2v) is 4.64. The molecule has 0 fully saturated rings. The molecular weight excluding hydrogens is 296 g/mol. The van der Waals surface area contributed by atoms with Crippen LogP contribution in [0.5, 0.6) is 5.75 Å². The SMILES string of the molecule is Cc1cc(O)ccc1NC(=O)c1ccc(Br)nc1. The maximum absolute atomic E-state index is 11.9.